The van der Waals surface area contributed by atoms with E-state index in [9.17, 15) is 4.39 Å². The van der Waals surface area contributed by atoms with Crippen LogP contribution < -0.4 is 10.1 Å². The number of hydrogen-bond acceptors (Lipinski definition) is 4. The van der Waals surface area contributed by atoms with Gasteiger partial charge in [0, 0.05) is 11.9 Å². The van der Waals surface area contributed by atoms with E-state index in [0.29, 0.717) is 12.4 Å². The van der Waals surface area contributed by atoms with Crippen LogP contribution in [0.2, 0.25) is 0 Å². The molecule has 0 aliphatic rings. The Hall–Kier alpha value is -1.46. The zero-order chi connectivity index (χ0) is 12.1. The van der Waals surface area contributed by atoms with Gasteiger partial charge >= 0.3 is 0 Å². The molecule has 1 N–H and O–H groups in total. The van der Waals surface area contributed by atoms with E-state index in [0.717, 1.165) is 17.2 Å². The predicted octanol–water partition coefficient (Wildman–Crippen LogP) is 2.58. The van der Waals surface area contributed by atoms with E-state index in [-0.39, 0.29) is 5.82 Å². The Kier molecular flexibility index (Phi) is 4.06. The zero-order valence-corrected chi connectivity index (χ0v) is 10.3. The van der Waals surface area contributed by atoms with E-state index in [1.165, 1.54) is 12.1 Å². The molecule has 1 aromatic heterocycles. The topological polar surface area (TPSA) is 34.1 Å². The second kappa shape index (κ2) is 5.75. The molecule has 0 bridgehead atoms. The third-order valence-electron chi connectivity index (χ3n) is 2.13. The van der Waals surface area contributed by atoms with Crippen molar-refractivity contribution in [2.75, 3.05) is 7.05 Å². The largest absolute Gasteiger partial charge is 0.486 e. The Balaban J connectivity index is 1.90. The van der Waals surface area contributed by atoms with Crippen molar-refractivity contribution in [2.45, 2.75) is 13.2 Å². The molecule has 3 nitrogen and oxygen atoms in total. The molecule has 90 valence electrons. The van der Waals surface area contributed by atoms with Crippen LogP contribution in [0, 0.1) is 5.82 Å². The monoisotopic (exact) mass is 252 g/mol. The van der Waals surface area contributed by atoms with Crippen LogP contribution >= 0.6 is 11.3 Å². The first kappa shape index (κ1) is 12.0. The number of benzene rings is 1. The third-order valence-corrected chi connectivity index (χ3v) is 3.00. The van der Waals surface area contributed by atoms with Crippen LogP contribution in [-0.4, -0.2) is 12.0 Å². The highest BCUT2D eigenvalue weighted by Gasteiger charge is 2.02. The first-order valence-electron chi connectivity index (χ1n) is 5.24. The number of nitrogens with zero attached hydrogens (tertiary/aromatic N) is 1. The maximum Gasteiger partial charge on any atom is 0.140 e. The molecule has 0 saturated heterocycles. The molecular formula is C12H13FN2OS. The lowest BCUT2D eigenvalue weighted by molar-refractivity contribution is 0.305. The van der Waals surface area contributed by atoms with E-state index in [4.69, 9.17) is 4.74 Å². The number of halogens is 1. The molecule has 1 aromatic carbocycles. The summed E-state index contributed by atoms with van der Waals surface area (Å²) in [6.45, 7) is 1.17. The van der Waals surface area contributed by atoms with Gasteiger partial charge in [-0.3, -0.25) is 0 Å². The number of thiazole rings is 1. The number of hydrogen-bond donors (Lipinski definition) is 1. The minimum atomic E-state index is -0.261. The Morgan fingerprint density at radius 1 is 1.35 bits per heavy atom. The molecule has 1 heterocycles. The van der Waals surface area contributed by atoms with Crippen LogP contribution in [0.25, 0.3) is 0 Å². The normalized spacial score (nSPS) is 10.5. The fraction of sp³-hybridized carbons (Fsp3) is 0.250. The summed E-state index contributed by atoms with van der Waals surface area (Å²) in [6.07, 6.45) is 0. The average Bonchev–Trinajstić information content (AvgIpc) is 2.77. The summed E-state index contributed by atoms with van der Waals surface area (Å²) >= 11 is 1.56. The van der Waals surface area contributed by atoms with Gasteiger partial charge in [-0.05, 0) is 31.3 Å². The van der Waals surface area contributed by atoms with Crippen molar-refractivity contribution in [1.82, 2.24) is 10.3 Å². The highest BCUT2D eigenvalue weighted by molar-refractivity contribution is 7.09. The second-order valence-corrected chi connectivity index (χ2v) is 4.45. The summed E-state index contributed by atoms with van der Waals surface area (Å²) in [5.74, 6) is 0.389. The summed E-state index contributed by atoms with van der Waals surface area (Å²) in [5.41, 5.74) is 1.01. The van der Waals surface area contributed by atoms with Gasteiger partial charge in [-0.2, -0.15) is 0 Å². The van der Waals surface area contributed by atoms with Crippen LogP contribution in [0.1, 0.15) is 10.7 Å². The summed E-state index contributed by atoms with van der Waals surface area (Å²) < 4.78 is 18.2. The fourth-order valence-corrected chi connectivity index (χ4v) is 2.06. The first-order chi connectivity index (χ1) is 8.28. The van der Waals surface area contributed by atoms with Crippen LogP contribution in [-0.2, 0) is 13.2 Å². The summed E-state index contributed by atoms with van der Waals surface area (Å²) in [7, 11) is 1.88. The smallest absolute Gasteiger partial charge is 0.140 e. The van der Waals surface area contributed by atoms with Gasteiger partial charge in [0.25, 0.3) is 0 Å². The third kappa shape index (κ3) is 3.51. The molecule has 0 fully saturated rings. The Bertz CT molecular complexity index is 470. The van der Waals surface area contributed by atoms with Crippen molar-refractivity contribution in [1.29, 1.82) is 0 Å². The van der Waals surface area contributed by atoms with Gasteiger partial charge in [0.15, 0.2) is 0 Å². The van der Waals surface area contributed by atoms with E-state index >= 15 is 0 Å². The number of rotatable bonds is 5. The molecule has 2 rings (SSSR count). The molecule has 0 unspecified atom stereocenters. The van der Waals surface area contributed by atoms with E-state index in [2.05, 4.69) is 10.3 Å². The molecule has 0 saturated carbocycles. The minimum Gasteiger partial charge on any atom is -0.486 e. The van der Waals surface area contributed by atoms with Crippen LogP contribution in [0.5, 0.6) is 5.75 Å². The molecule has 17 heavy (non-hydrogen) atoms. The van der Waals surface area contributed by atoms with E-state index in [1.54, 1.807) is 23.5 Å². The molecule has 0 radical (unpaired) electrons. The van der Waals surface area contributed by atoms with Crippen molar-refractivity contribution < 1.29 is 9.13 Å². The SMILES string of the molecule is CNCc1csc(COc2ccc(F)cc2)n1. The molecule has 0 aliphatic heterocycles. The Morgan fingerprint density at radius 2 is 2.12 bits per heavy atom. The quantitative estimate of drug-likeness (QED) is 0.888. The zero-order valence-electron chi connectivity index (χ0n) is 9.44. The van der Waals surface area contributed by atoms with Crippen LogP contribution in [0.4, 0.5) is 4.39 Å². The van der Waals surface area contributed by atoms with Gasteiger partial charge < -0.3 is 10.1 Å². The van der Waals surface area contributed by atoms with Gasteiger partial charge in [-0.1, -0.05) is 0 Å². The standard InChI is InChI=1S/C12H13FN2OS/c1-14-6-10-8-17-12(15-10)7-16-11-4-2-9(13)3-5-11/h2-5,8,14H,6-7H2,1H3. The predicted molar refractivity (Wildman–Crippen MR) is 65.6 cm³/mol. The van der Waals surface area contributed by atoms with Gasteiger partial charge in [-0.25, -0.2) is 9.37 Å². The summed E-state index contributed by atoms with van der Waals surface area (Å²) in [5, 5.41) is 5.96. The van der Waals surface area contributed by atoms with Crippen molar-refractivity contribution in [3.8, 4) is 5.75 Å². The number of ether oxygens (including phenoxy) is 1. The van der Waals surface area contributed by atoms with E-state index < -0.39 is 0 Å². The fourth-order valence-electron chi connectivity index (χ4n) is 1.35. The Labute approximate surface area is 103 Å². The highest BCUT2D eigenvalue weighted by Crippen LogP contribution is 2.15. The lowest BCUT2D eigenvalue weighted by Gasteiger charge is -2.03. The van der Waals surface area contributed by atoms with Crippen LogP contribution in [0.3, 0.4) is 0 Å². The molecule has 0 spiro atoms. The molecule has 0 atom stereocenters. The van der Waals surface area contributed by atoms with Crippen LogP contribution in [0.15, 0.2) is 29.6 Å². The number of aromatic nitrogens is 1. The van der Waals surface area contributed by atoms with Crippen molar-refractivity contribution >= 4 is 11.3 Å². The molecular weight excluding hydrogens is 239 g/mol. The summed E-state index contributed by atoms with van der Waals surface area (Å²) in [4.78, 5) is 4.39. The van der Waals surface area contributed by atoms with Gasteiger partial charge in [-0.15, -0.1) is 11.3 Å². The van der Waals surface area contributed by atoms with Gasteiger partial charge in [0.1, 0.15) is 23.2 Å². The lowest BCUT2D eigenvalue weighted by Crippen LogP contribution is -2.05. The minimum absolute atomic E-state index is 0.261. The maximum atomic E-state index is 12.7. The molecule has 5 heteroatoms. The van der Waals surface area contributed by atoms with Crippen molar-refractivity contribution in [3.05, 3.63) is 46.2 Å². The van der Waals surface area contributed by atoms with Crippen molar-refractivity contribution in [2.24, 2.45) is 0 Å². The lowest BCUT2D eigenvalue weighted by atomic mass is 10.3. The molecule has 0 amide bonds. The number of nitrogens with one attached hydrogen (secondary N) is 1. The van der Waals surface area contributed by atoms with Gasteiger partial charge in [0.05, 0.1) is 5.69 Å². The second-order valence-electron chi connectivity index (χ2n) is 3.51. The van der Waals surface area contributed by atoms with Crippen molar-refractivity contribution in [3.63, 3.8) is 0 Å². The average molecular weight is 252 g/mol. The maximum absolute atomic E-state index is 12.7. The summed E-state index contributed by atoms with van der Waals surface area (Å²) in [6, 6.07) is 5.97. The first-order valence-corrected chi connectivity index (χ1v) is 6.12. The Morgan fingerprint density at radius 3 is 2.82 bits per heavy atom. The molecule has 2 aromatic rings. The van der Waals surface area contributed by atoms with E-state index in [1.807, 2.05) is 12.4 Å². The highest BCUT2D eigenvalue weighted by atomic mass is 32.1. The van der Waals surface area contributed by atoms with Gasteiger partial charge in [0.2, 0.25) is 0 Å². The molecule has 0 aliphatic carbocycles.